The first-order valence-corrected chi connectivity index (χ1v) is 8.09. The molecule has 146 valence electrons. The summed E-state index contributed by atoms with van der Waals surface area (Å²) in [5, 5.41) is 21.5. The number of methoxy groups -OCH3 is 1. The van der Waals surface area contributed by atoms with E-state index >= 15 is 0 Å². The smallest absolute Gasteiger partial charge is 0.350 e. The van der Waals surface area contributed by atoms with Gasteiger partial charge in [0.1, 0.15) is 24.4 Å². The molecule has 0 saturated carbocycles. The number of nitrogens with one attached hydrogen (secondary N) is 1. The quantitative estimate of drug-likeness (QED) is 0.481. The molecule has 2 aromatic heterocycles. The molecule has 1 atom stereocenters. The van der Waals surface area contributed by atoms with E-state index < -0.39 is 16.9 Å². The number of nitrogens with zero attached hydrogens (tertiary/aromatic N) is 6. The van der Waals surface area contributed by atoms with Crippen LogP contribution in [0.4, 0.5) is 16.0 Å². The van der Waals surface area contributed by atoms with Gasteiger partial charge in [-0.15, -0.1) is 10.2 Å². The molecular formula is C16H16FN7O4. The number of rotatable bonds is 7. The number of halogens is 1. The molecule has 28 heavy (non-hydrogen) atoms. The number of aromatic nitrogens is 5. The lowest BCUT2D eigenvalue weighted by molar-refractivity contribution is -0.385. The third-order valence-corrected chi connectivity index (χ3v) is 3.88. The third-order valence-electron chi connectivity index (χ3n) is 3.88. The first-order valence-electron chi connectivity index (χ1n) is 8.09. The van der Waals surface area contributed by atoms with Gasteiger partial charge in [-0.2, -0.15) is 0 Å². The average molecular weight is 389 g/mol. The highest BCUT2D eigenvalue weighted by Crippen LogP contribution is 2.26. The Labute approximate surface area is 157 Å². The number of carbonyl (C=O) groups is 1. The molecule has 3 rings (SSSR count). The molecule has 0 saturated heterocycles. The average Bonchev–Trinajstić information content (AvgIpc) is 3.29. The van der Waals surface area contributed by atoms with Gasteiger partial charge in [0.05, 0.1) is 18.6 Å². The number of anilines is 1. The lowest BCUT2D eigenvalue weighted by Crippen LogP contribution is -2.24. The molecule has 0 aliphatic carbocycles. The minimum atomic E-state index is -0.869. The molecule has 3 aromatic rings. The van der Waals surface area contributed by atoms with Gasteiger partial charge in [0, 0.05) is 0 Å². The Morgan fingerprint density at radius 3 is 2.68 bits per heavy atom. The van der Waals surface area contributed by atoms with Gasteiger partial charge < -0.3 is 4.74 Å². The van der Waals surface area contributed by atoms with Gasteiger partial charge in [0.2, 0.25) is 5.95 Å². The first-order chi connectivity index (χ1) is 13.4. The number of hydrogen-bond acceptors (Lipinski definition) is 7. The summed E-state index contributed by atoms with van der Waals surface area (Å²) in [7, 11) is 1.25. The summed E-state index contributed by atoms with van der Waals surface area (Å²) in [6.07, 6.45) is 2.54. The lowest BCUT2D eigenvalue weighted by atomic mass is 10.2. The van der Waals surface area contributed by atoms with Crippen LogP contribution in [0.25, 0.3) is 0 Å². The van der Waals surface area contributed by atoms with Crippen LogP contribution in [0, 0.1) is 15.9 Å². The molecule has 0 aliphatic heterocycles. The Kier molecular flexibility index (Phi) is 5.29. The van der Waals surface area contributed by atoms with E-state index in [2.05, 4.69) is 20.5 Å². The number of hydrogen-bond donors (Lipinski definition) is 1. The number of amides is 1. The molecule has 1 unspecified atom stereocenters. The van der Waals surface area contributed by atoms with Gasteiger partial charge in [0.15, 0.2) is 0 Å². The van der Waals surface area contributed by atoms with Crippen molar-refractivity contribution in [2.45, 2.75) is 19.5 Å². The molecule has 1 aromatic carbocycles. The number of nitro groups is 1. The molecule has 2 heterocycles. The van der Waals surface area contributed by atoms with Crippen molar-refractivity contribution in [1.82, 2.24) is 24.5 Å². The molecule has 11 nitrogen and oxygen atoms in total. The maximum Gasteiger partial charge on any atom is 0.350 e. The maximum atomic E-state index is 12.9. The second kappa shape index (κ2) is 7.82. The molecule has 1 amide bonds. The number of ether oxygens (including phenoxy) is 1. The van der Waals surface area contributed by atoms with Crippen LogP contribution in [0.2, 0.25) is 0 Å². The van der Waals surface area contributed by atoms with Crippen molar-refractivity contribution in [3.63, 3.8) is 0 Å². The van der Waals surface area contributed by atoms with Crippen molar-refractivity contribution in [1.29, 1.82) is 0 Å². The summed E-state index contributed by atoms with van der Waals surface area (Å²) in [5.41, 5.74) is 0.470. The van der Waals surface area contributed by atoms with E-state index in [1.807, 2.05) is 0 Å². The van der Waals surface area contributed by atoms with Crippen LogP contribution in [0.15, 0.2) is 36.8 Å². The van der Waals surface area contributed by atoms with Crippen molar-refractivity contribution in [3.8, 4) is 5.88 Å². The summed E-state index contributed by atoms with van der Waals surface area (Å²) >= 11 is 0. The molecular weight excluding hydrogens is 373 g/mol. The standard InChI is InChI=1S/C16H16FN7O4/c1-10(23-8-13(24(26)27)15(20-23)28-2)14(25)19-16-18-9-22(21-16)7-11-3-5-12(17)6-4-11/h3-6,8-10H,7H2,1-2H3,(H,19,21,25). The molecule has 1 N–H and O–H groups in total. The van der Waals surface area contributed by atoms with Crippen LogP contribution in [0.3, 0.4) is 0 Å². The van der Waals surface area contributed by atoms with Crippen LogP contribution >= 0.6 is 0 Å². The van der Waals surface area contributed by atoms with Crippen molar-refractivity contribution in [2.75, 3.05) is 12.4 Å². The minimum Gasteiger partial charge on any atom is -0.475 e. The molecule has 0 aliphatic rings. The van der Waals surface area contributed by atoms with E-state index in [0.717, 1.165) is 16.4 Å². The van der Waals surface area contributed by atoms with E-state index in [1.54, 1.807) is 12.1 Å². The Morgan fingerprint density at radius 1 is 1.36 bits per heavy atom. The van der Waals surface area contributed by atoms with E-state index in [-0.39, 0.29) is 23.3 Å². The minimum absolute atomic E-state index is 0.0626. The fourth-order valence-electron chi connectivity index (χ4n) is 2.37. The van der Waals surface area contributed by atoms with Crippen LogP contribution in [0.1, 0.15) is 18.5 Å². The maximum absolute atomic E-state index is 12.9. The normalized spacial score (nSPS) is 11.8. The zero-order valence-electron chi connectivity index (χ0n) is 14.9. The Bertz CT molecular complexity index is 999. The molecule has 0 fully saturated rings. The van der Waals surface area contributed by atoms with Crippen molar-refractivity contribution >= 4 is 17.5 Å². The fraction of sp³-hybridized carbons (Fsp3) is 0.250. The van der Waals surface area contributed by atoms with Crippen LogP contribution < -0.4 is 10.1 Å². The topological polar surface area (TPSA) is 130 Å². The van der Waals surface area contributed by atoms with Crippen LogP contribution in [-0.4, -0.2) is 42.5 Å². The predicted octanol–water partition coefficient (Wildman–Crippen LogP) is 1.78. The molecule has 0 radical (unpaired) electrons. The van der Waals surface area contributed by atoms with Crippen LogP contribution in [-0.2, 0) is 11.3 Å². The largest absolute Gasteiger partial charge is 0.475 e. The number of carbonyl (C=O) groups excluding carboxylic acids is 1. The SMILES string of the molecule is COc1nn(C(C)C(=O)Nc2ncn(Cc3ccc(F)cc3)n2)cc1[N+](=O)[O-]. The number of benzene rings is 1. The summed E-state index contributed by atoms with van der Waals surface area (Å²) in [6, 6.07) is 5.05. The van der Waals surface area contributed by atoms with Gasteiger partial charge in [-0.1, -0.05) is 12.1 Å². The van der Waals surface area contributed by atoms with Gasteiger partial charge >= 0.3 is 11.6 Å². The molecule has 0 spiro atoms. The van der Waals surface area contributed by atoms with E-state index in [4.69, 9.17) is 4.74 Å². The zero-order valence-corrected chi connectivity index (χ0v) is 14.9. The highest BCUT2D eigenvalue weighted by atomic mass is 19.1. The van der Waals surface area contributed by atoms with Gasteiger partial charge in [-0.05, 0) is 24.6 Å². The first kappa shape index (κ1) is 18.9. The highest BCUT2D eigenvalue weighted by Gasteiger charge is 2.25. The lowest BCUT2D eigenvalue weighted by Gasteiger charge is -2.10. The zero-order chi connectivity index (χ0) is 20.3. The van der Waals surface area contributed by atoms with Crippen molar-refractivity contribution in [3.05, 3.63) is 58.3 Å². The van der Waals surface area contributed by atoms with E-state index in [1.165, 1.54) is 37.2 Å². The van der Waals surface area contributed by atoms with Gasteiger partial charge in [-0.25, -0.2) is 18.7 Å². The van der Waals surface area contributed by atoms with E-state index in [0.29, 0.717) is 6.54 Å². The van der Waals surface area contributed by atoms with Crippen LogP contribution in [0.5, 0.6) is 5.88 Å². The Balaban J connectivity index is 1.67. The van der Waals surface area contributed by atoms with Gasteiger partial charge in [-0.3, -0.25) is 20.2 Å². The summed E-state index contributed by atoms with van der Waals surface area (Å²) in [5.74, 6) is -0.974. The molecule has 0 bridgehead atoms. The second-order valence-electron chi connectivity index (χ2n) is 5.82. The monoisotopic (exact) mass is 389 g/mol. The molecule has 12 heteroatoms. The third kappa shape index (κ3) is 4.11. The second-order valence-corrected chi connectivity index (χ2v) is 5.82. The van der Waals surface area contributed by atoms with Crippen molar-refractivity contribution in [2.24, 2.45) is 0 Å². The Hall–Kier alpha value is -3.83. The fourth-order valence-corrected chi connectivity index (χ4v) is 2.37. The highest BCUT2D eigenvalue weighted by molar-refractivity contribution is 5.91. The van der Waals surface area contributed by atoms with Crippen molar-refractivity contribution < 1.29 is 18.8 Å². The summed E-state index contributed by atoms with van der Waals surface area (Å²) < 4.78 is 20.4. The summed E-state index contributed by atoms with van der Waals surface area (Å²) in [4.78, 5) is 26.7. The van der Waals surface area contributed by atoms with E-state index in [9.17, 15) is 19.3 Å². The Morgan fingerprint density at radius 2 is 2.07 bits per heavy atom. The van der Waals surface area contributed by atoms with Gasteiger partial charge in [0.25, 0.3) is 5.91 Å². The predicted molar refractivity (Wildman–Crippen MR) is 94.3 cm³/mol. The summed E-state index contributed by atoms with van der Waals surface area (Å²) in [6.45, 7) is 1.86.